The number of halogens is 3. The Morgan fingerprint density at radius 1 is 1.38 bits per heavy atom. The summed E-state index contributed by atoms with van der Waals surface area (Å²) >= 11 is 2.91. The third-order valence-corrected chi connectivity index (χ3v) is 4.52. The van der Waals surface area contributed by atoms with Crippen molar-refractivity contribution in [2.45, 2.75) is 18.5 Å². The van der Waals surface area contributed by atoms with Gasteiger partial charge in [-0.25, -0.2) is 8.78 Å². The van der Waals surface area contributed by atoms with E-state index in [1.54, 1.807) is 6.92 Å². The molecule has 2 aromatic rings. The molecule has 0 aliphatic carbocycles. The fourth-order valence-electron chi connectivity index (χ4n) is 1.72. The van der Waals surface area contributed by atoms with Crippen molar-refractivity contribution in [2.24, 2.45) is 5.73 Å². The fourth-order valence-corrected chi connectivity index (χ4v) is 3.40. The number of aromatic nitrogens is 2. The number of hydrogen-bond acceptors (Lipinski definition) is 4. The van der Waals surface area contributed by atoms with Gasteiger partial charge in [0.1, 0.15) is 5.69 Å². The van der Waals surface area contributed by atoms with Crippen LogP contribution in [-0.2, 0) is 16.6 Å². The van der Waals surface area contributed by atoms with Crippen LogP contribution >= 0.6 is 15.9 Å². The second-order valence-corrected chi connectivity index (χ2v) is 6.70. The Hall–Kier alpha value is -1.52. The number of benzene rings is 1. The maximum atomic E-state index is 13.7. The molecule has 0 radical (unpaired) electrons. The minimum Gasteiger partial charge on any atom is -0.326 e. The first kappa shape index (κ1) is 15.9. The van der Waals surface area contributed by atoms with E-state index in [0.29, 0.717) is 5.69 Å². The molecule has 0 spiro atoms. The summed E-state index contributed by atoms with van der Waals surface area (Å²) in [5.74, 6) is -2.10. The summed E-state index contributed by atoms with van der Waals surface area (Å²) in [6.45, 7) is 1.51. The number of sulfonamides is 1. The molecule has 0 saturated carbocycles. The zero-order valence-electron chi connectivity index (χ0n) is 10.7. The SMILES string of the molecule is Cc1[nH]nc(S(=O)(=O)Nc2c(F)cc(Br)cc2F)c1CN. The Bertz CT molecular complexity index is 769. The lowest BCUT2D eigenvalue weighted by Gasteiger charge is -2.09. The minimum absolute atomic E-state index is 0.0795. The first-order chi connectivity index (χ1) is 9.76. The van der Waals surface area contributed by atoms with Crippen molar-refractivity contribution in [2.75, 3.05) is 4.72 Å². The van der Waals surface area contributed by atoms with Gasteiger partial charge < -0.3 is 5.73 Å². The van der Waals surface area contributed by atoms with E-state index in [-0.39, 0.29) is 21.6 Å². The molecular weight excluding hydrogens is 370 g/mol. The van der Waals surface area contributed by atoms with Gasteiger partial charge in [0, 0.05) is 22.3 Å². The predicted molar refractivity (Wildman–Crippen MR) is 76.1 cm³/mol. The maximum absolute atomic E-state index is 13.7. The van der Waals surface area contributed by atoms with E-state index >= 15 is 0 Å². The normalized spacial score (nSPS) is 11.7. The van der Waals surface area contributed by atoms with Crippen LogP contribution in [0, 0.1) is 18.6 Å². The van der Waals surface area contributed by atoms with Gasteiger partial charge >= 0.3 is 0 Å². The monoisotopic (exact) mass is 380 g/mol. The molecule has 0 amide bonds. The van der Waals surface area contributed by atoms with Crippen LogP contribution in [0.4, 0.5) is 14.5 Å². The Balaban J connectivity index is 2.47. The molecule has 2 rings (SSSR count). The van der Waals surface area contributed by atoms with Crippen molar-refractivity contribution in [3.63, 3.8) is 0 Å². The predicted octanol–water partition coefficient (Wildman–Crippen LogP) is 2.02. The standard InChI is InChI=1S/C11H11BrF2N4O2S/c1-5-7(4-15)11(17-16-5)21(19,20)18-10-8(13)2-6(12)3-9(10)14/h2-3,18H,4,15H2,1H3,(H,16,17). The van der Waals surface area contributed by atoms with Gasteiger partial charge in [0.15, 0.2) is 11.6 Å². The molecule has 10 heteroatoms. The topological polar surface area (TPSA) is 101 Å². The zero-order chi connectivity index (χ0) is 15.8. The molecule has 0 unspecified atom stereocenters. The number of nitrogens with two attached hydrogens (primary N) is 1. The third kappa shape index (κ3) is 3.06. The first-order valence-electron chi connectivity index (χ1n) is 5.67. The number of aromatic amines is 1. The van der Waals surface area contributed by atoms with Crippen LogP contribution in [0.3, 0.4) is 0 Å². The summed E-state index contributed by atoms with van der Waals surface area (Å²) in [4.78, 5) is 0. The van der Waals surface area contributed by atoms with Gasteiger partial charge in [0.05, 0.1) is 0 Å². The van der Waals surface area contributed by atoms with Crippen molar-refractivity contribution in [3.8, 4) is 0 Å². The van der Waals surface area contributed by atoms with Crippen molar-refractivity contribution in [1.29, 1.82) is 0 Å². The van der Waals surface area contributed by atoms with Gasteiger partial charge in [-0.2, -0.15) is 13.5 Å². The highest BCUT2D eigenvalue weighted by atomic mass is 79.9. The van der Waals surface area contributed by atoms with E-state index < -0.39 is 27.3 Å². The van der Waals surface area contributed by atoms with E-state index in [9.17, 15) is 17.2 Å². The fraction of sp³-hybridized carbons (Fsp3) is 0.182. The van der Waals surface area contributed by atoms with Gasteiger partial charge in [-0.1, -0.05) is 15.9 Å². The number of H-pyrrole nitrogens is 1. The van der Waals surface area contributed by atoms with Gasteiger partial charge in [-0.15, -0.1) is 0 Å². The largest absolute Gasteiger partial charge is 0.326 e. The van der Waals surface area contributed by atoms with Crippen LogP contribution in [-0.4, -0.2) is 18.6 Å². The summed E-state index contributed by atoms with van der Waals surface area (Å²) in [6.07, 6.45) is 0. The van der Waals surface area contributed by atoms with E-state index in [2.05, 4.69) is 26.1 Å². The van der Waals surface area contributed by atoms with Crippen molar-refractivity contribution in [1.82, 2.24) is 10.2 Å². The second-order valence-electron chi connectivity index (χ2n) is 4.19. The molecule has 0 bridgehead atoms. The molecule has 0 saturated heterocycles. The minimum atomic E-state index is -4.26. The average molecular weight is 381 g/mol. The summed E-state index contributed by atoms with van der Waals surface area (Å²) in [6, 6.07) is 1.89. The lowest BCUT2D eigenvalue weighted by Crippen LogP contribution is -2.18. The van der Waals surface area contributed by atoms with Gasteiger partial charge in [0.2, 0.25) is 5.03 Å². The van der Waals surface area contributed by atoms with Crippen molar-refractivity contribution < 1.29 is 17.2 Å². The Labute approximate surface area is 127 Å². The van der Waals surface area contributed by atoms with Crippen LogP contribution in [0.1, 0.15) is 11.3 Å². The first-order valence-corrected chi connectivity index (χ1v) is 7.95. The van der Waals surface area contributed by atoms with E-state index in [1.165, 1.54) is 0 Å². The smallest absolute Gasteiger partial charge is 0.281 e. The number of anilines is 1. The molecule has 1 heterocycles. The summed E-state index contributed by atoms with van der Waals surface area (Å²) < 4.78 is 53.8. The average Bonchev–Trinajstić information content (AvgIpc) is 2.75. The van der Waals surface area contributed by atoms with E-state index in [4.69, 9.17) is 5.73 Å². The summed E-state index contributed by atoms with van der Waals surface area (Å²) in [5, 5.41) is 5.71. The highest BCUT2D eigenvalue weighted by molar-refractivity contribution is 9.10. The molecule has 21 heavy (non-hydrogen) atoms. The van der Waals surface area contributed by atoms with Crippen LogP contribution in [0.15, 0.2) is 21.6 Å². The van der Waals surface area contributed by atoms with Gasteiger partial charge in [-0.05, 0) is 19.1 Å². The number of hydrogen-bond donors (Lipinski definition) is 3. The molecule has 0 aliphatic heterocycles. The molecule has 1 aromatic carbocycles. The van der Waals surface area contributed by atoms with Crippen LogP contribution in [0.2, 0.25) is 0 Å². The molecular formula is C11H11BrF2N4O2S. The van der Waals surface area contributed by atoms with Crippen molar-refractivity contribution in [3.05, 3.63) is 39.5 Å². The maximum Gasteiger partial charge on any atom is 0.281 e. The number of rotatable bonds is 4. The summed E-state index contributed by atoms with van der Waals surface area (Å²) in [7, 11) is -4.26. The highest BCUT2D eigenvalue weighted by Crippen LogP contribution is 2.27. The molecule has 4 N–H and O–H groups in total. The highest BCUT2D eigenvalue weighted by Gasteiger charge is 2.25. The molecule has 114 valence electrons. The van der Waals surface area contributed by atoms with Gasteiger partial charge in [0.25, 0.3) is 10.0 Å². The Morgan fingerprint density at radius 2 is 1.95 bits per heavy atom. The van der Waals surface area contributed by atoms with Crippen LogP contribution in [0.5, 0.6) is 0 Å². The summed E-state index contributed by atoms with van der Waals surface area (Å²) in [5.41, 5.74) is 5.40. The lowest BCUT2D eigenvalue weighted by molar-refractivity contribution is 0.580. The van der Waals surface area contributed by atoms with Crippen LogP contribution < -0.4 is 10.5 Å². The third-order valence-electron chi connectivity index (χ3n) is 2.74. The lowest BCUT2D eigenvalue weighted by atomic mass is 10.3. The second kappa shape index (κ2) is 5.70. The molecule has 0 fully saturated rings. The quantitative estimate of drug-likeness (QED) is 0.754. The zero-order valence-corrected chi connectivity index (χ0v) is 13.1. The Kier molecular flexibility index (Phi) is 4.30. The van der Waals surface area contributed by atoms with Crippen LogP contribution in [0.25, 0.3) is 0 Å². The molecule has 0 aliphatic rings. The number of nitrogens with one attached hydrogen (secondary N) is 2. The molecule has 6 nitrogen and oxygen atoms in total. The molecule has 0 atom stereocenters. The van der Waals surface area contributed by atoms with Gasteiger partial charge in [-0.3, -0.25) is 9.82 Å². The number of nitrogens with zero attached hydrogens (tertiary/aromatic N) is 1. The van der Waals surface area contributed by atoms with Crippen molar-refractivity contribution >= 4 is 31.6 Å². The van der Waals surface area contributed by atoms with E-state index in [0.717, 1.165) is 12.1 Å². The molecule has 1 aromatic heterocycles. The Morgan fingerprint density at radius 3 is 2.48 bits per heavy atom. The number of aryl methyl sites for hydroxylation is 1. The van der Waals surface area contributed by atoms with E-state index in [1.807, 2.05) is 4.72 Å².